The fraction of sp³-hybridized carbons (Fsp3) is 0.429. The fourth-order valence-corrected chi connectivity index (χ4v) is 1.85. The molecule has 2 rings (SSSR count). The highest BCUT2D eigenvalue weighted by Crippen LogP contribution is 2.09. The number of anilines is 1. The van der Waals surface area contributed by atoms with Crippen molar-refractivity contribution in [3.63, 3.8) is 0 Å². The number of aliphatic hydroxyl groups is 1. The van der Waals surface area contributed by atoms with Crippen molar-refractivity contribution in [3.05, 3.63) is 24.0 Å². The molecule has 0 saturated carbocycles. The zero-order chi connectivity index (χ0) is 16.7. The Morgan fingerprint density at radius 1 is 1.48 bits per heavy atom. The van der Waals surface area contributed by atoms with Crippen LogP contribution in [0, 0.1) is 0 Å². The second kappa shape index (κ2) is 8.08. The van der Waals surface area contributed by atoms with Crippen LogP contribution in [0.15, 0.2) is 23.5 Å². The van der Waals surface area contributed by atoms with Crippen LogP contribution in [0.5, 0.6) is 0 Å². The first-order valence-corrected chi connectivity index (χ1v) is 7.20. The van der Waals surface area contributed by atoms with Gasteiger partial charge in [0.1, 0.15) is 6.54 Å². The monoisotopic (exact) mass is 321 g/mol. The first-order chi connectivity index (χ1) is 11.1. The molecule has 124 valence electrons. The number of amides is 1. The topological polar surface area (TPSA) is 125 Å². The molecular formula is C14H19N5O4. The van der Waals surface area contributed by atoms with Crippen molar-refractivity contribution in [1.82, 2.24) is 15.6 Å². The highest BCUT2D eigenvalue weighted by atomic mass is 16.5. The number of aromatic nitrogens is 1. The van der Waals surface area contributed by atoms with Crippen molar-refractivity contribution >= 4 is 23.5 Å². The highest BCUT2D eigenvalue weighted by molar-refractivity contribution is 5.98. The van der Waals surface area contributed by atoms with Gasteiger partial charge in [-0.1, -0.05) is 0 Å². The Bertz CT molecular complexity index is 605. The summed E-state index contributed by atoms with van der Waals surface area (Å²) in [6, 6.07) is 1.59. The fourth-order valence-electron chi connectivity index (χ4n) is 1.85. The Balaban J connectivity index is 1.93. The third kappa shape index (κ3) is 5.22. The number of esters is 1. The van der Waals surface area contributed by atoms with E-state index in [0.717, 1.165) is 0 Å². The van der Waals surface area contributed by atoms with Crippen LogP contribution in [0.3, 0.4) is 0 Å². The van der Waals surface area contributed by atoms with Gasteiger partial charge in [0.05, 0.1) is 36.7 Å². The number of ether oxygens (including phenoxy) is 1. The molecule has 1 aromatic rings. The minimum Gasteiger partial charge on any atom is -0.465 e. The van der Waals surface area contributed by atoms with Gasteiger partial charge in [0.2, 0.25) is 0 Å². The zero-order valence-corrected chi connectivity index (χ0v) is 12.7. The van der Waals surface area contributed by atoms with E-state index in [1.54, 1.807) is 13.0 Å². The summed E-state index contributed by atoms with van der Waals surface area (Å²) < 4.78 is 4.73. The smallest absolute Gasteiger partial charge is 0.325 e. The van der Waals surface area contributed by atoms with E-state index in [1.165, 1.54) is 12.4 Å². The first kappa shape index (κ1) is 16.7. The highest BCUT2D eigenvalue weighted by Gasteiger charge is 2.13. The van der Waals surface area contributed by atoms with E-state index in [0.29, 0.717) is 30.3 Å². The second-order valence-electron chi connectivity index (χ2n) is 4.80. The number of carbonyl (C=O) groups is 2. The maximum Gasteiger partial charge on any atom is 0.325 e. The van der Waals surface area contributed by atoms with Crippen LogP contribution in [0.4, 0.5) is 5.69 Å². The molecule has 2 heterocycles. The molecule has 0 aliphatic carbocycles. The van der Waals surface area contributed by atoms with Crippen molar-refractivity contribution in [2.75, 3.05) is 31.6 Å². The molecule has 0 radical (unpaired) electrons. The number of aliphatic imine (C=N–C) groups is 1. The molecule has 0 bridgehead atoms. The summed E-state index contributed by atoms with van der Waals surface area (Å²) in [5.41, 5.74) is 0.868. The van der Waals surface area contributed by atoms with Crippen LogP contribution < -0.4 is 16.0 Å². The van der Waals surface area contributed by atoms with Crippen LogP contribution in [0.25, 0.3) is 0 Å². The van der Waals surface area contributed by atoms with Crippen molar-refractivity contribution in [2.24, 2.45) is 4.99 Å². The summed E-state index contributed by atoms with van der Waals surface area (Å²) in [4.78, 5) is 31.3. The van der Waals surface area contributed by atoms with Crippen molar-refractivity contribution in [2.45, 2.75) is 13.0 Å². The van der Waals surface area contributed by atoms with Crippen molar-refractivity contribution in [1.29, 1.82) is 0 Å². The molecule has 9 heteroatoms. The van der Waals surface area contributed by atoms with Gasteiger partial charge >= 0.3 is 5.97 Å². The molecule has 1 aromatic heterocycles. The lowest BCUT2D eigenvalue weighted by Gasteiger charge is -2.19. The number of guanidine groups is 1. The number of rotatable bonds is 5. The Morgan fingerprint density at radius 2 is 2.30 bits per heavy atom. The van der Waals surface area contributed by atoms with Crippen LogP contribution in [0.2, 0.25) is 0 Å². The van der Waals surface area contributed by atoms with Crippen LogP contribution in [-0.2, 0) is 9.53 Å². The Morgan fingerprint density at radius 3 is 3.00 bits per heavy atom. The summed E-state index contributed by atoms with van der Waals surface area (Å²) in [6.07, 6.45) is 2.43. The lowest BCUT2D eigenvalue weighted by molar-refractivity contribution is -0.141. The molecular weight excluding hydrogens is 302 g/mol. The maximum absolute atomic E-state index is 12.0. The number of hydrogen-bond donors (Lipinski definition) is 4. The molecule has 0 aromatic carbocycles. The quantitative estimate of drug-likeness (QED) is 0.518. The van der Waals surface area contributed by atoms with Crippen LogP contribution >= 0.6 is 0 Å². The van der Waals surface area contributed by atoms with Crippen LogP contribution in [-0.4, -0.2) is 60.3 Å². The SMILES string of the molecule is CCOC(=O)CNC(=O)c1cncc(NC2=NCC(O)CN2)c1. The number of nitrogens with one attached hydrogen (secondary N) is 3. The number of nitrogens with zero attached hydrogens (tertiary/aromatic N) is 2. The number of carbonyl (C=O) groups excluding carboxylic acids is 2. The van der Waals surface area contributed by atoms with E-state index in [-0.39, 0.29) is 13.2 Å². The van der Waals surface area contributed by atoms with E-state index in [9.17, 15) is 14.7 Å². The average molecular weight is 321 g/mol. The minimum atomic E-state index is -0.501. The molecule has 23 heavy (non-hydrogen) atoms. The number of pyridine rings is 1. The second-order valence-corrected chi connectivity index (χ2v) is 4.80. The van der Waals surface area contributed by atoms with Gasteiger partial charge in [-0.05, 0) is 13.0 Å². The van der Waals surface area contributed by atoms with Gasteiger partial charge in [-0.3, -0.25) is 19.6 Å². The van der Waals surface area contributed by atoms with Crippen LogP contribution in [0.1, 0.15) is 17.3 Å². The molecule has 1 aliphatic heterocycles. The molecule has 1 atom stereocenters. The third-order valence-electron chi connectivity index (χ3n) is 2.93. The summed E-state index contributed by atoms with van der Waals surface area (Å²) in [7, 11) is 0. The molecule has 1 unspecified atom stereocenters. The molecule has 4 N–H and O–H groups in total. The number of hydrogen-bond acceptors (Lipinski definition) is 8. The normalized spacial score (nSPS) is 16.8. The maximum atomic E-state index is 12.0. The largest absolute Gasteiger partial charge is 0.465 e. The summed E-state index contributed by atoms with van der Waals surface area (Å²) in [5.74, 6) is -0.424. The Kier molecular flexibility index (Phi) is 5.87. The van der Waals surface area contributed by atoms with Crippen molar-refractivity contribution in [3.8, 4) is 0 Å². The van der Waals surface area contributed by atoms with Crippen molar-refractivity contribution < 1.29 is 19.4 Å². The lowest BCUT2D eigenvalue weighted by atomic mass is 10.2. The van der Waals surface area contributed by atoms with E-state index in [1.807, 2.05) is 0 Å². The van der Waals surface area contributed by atoms with Gasteiger partial charge in [-0.2, -0.15) is 0 Å². The van der Waals surface area contributed by atoms with Gasteiger partial charge in [0.15, 0.2) is 5.96 Å². The third-order valence-corrected chi connectivity index (χ3v) is 2.93. The summed E-state index contributed by atoms with van der Waals surface area (Å²) >= 11 is 0. The van der Waals surface area contributed by atoms with Gasteiger partial charge in [-0.25, -0.2) is 0 Å². The Hall–Kier alpha value is -2.68. The predicted molar refractivity (Wildman–Crippen MR) is 83.1 cm³/mol. The van der Waals surface area contributed by atoms with Gasteiger partial charge in [-0.15, -0.1) is 0 Å². The molecule has 0 spiro atoms. The van der Waals surface area contributed by atoms with E-state index < -0.39 is 18.0 Å². The predicted octanol–water partition coefficient (Wildman–Crippen LogP) is -0.893. The molecule has 1 amide bonds. The molecule has 0 saturated heterocycles. The van der Waals surface area contributed by atoms with E-state index in [4.69, 9.17) is 4.74 Å². The molecule has 0 fully saturated rings. The number of aliphatic hydroxyl groups excluding tert-OH is 1. The zero-order valence-electron chi connectivity index (χ0n) is 12.7. The lowest BCUT2D eigenvalue weighted by Crippen LogP contribution is -2.42. The van der Waals surface area contributed by atoms with Gasteiger partial charge in [0.25, 0.3) is 5.91 Å². The average Bonchev–Trinajstić information content (AvgIpc) is 2.55. The minimum absolute atomic E-state index is 0.198. The number of β-amino-alcohol motifs (C(OH)–C–C–N with tert-alkyl or cyclic N) is 1. The van der Waals surface area contributed by atoms with Gasteiger partial charge in [0, 0.05) is 12.7 Å². The van der Waals surface area contributed by atoms with E-state index >= 15 is 0 Å². The first-order valence-electron chi connectivity index (χ1n) is 7.20. The summed E-state index contributed by atoms with van der Waals surface area (Å²) in [6.45, 7) is 2.47. The Labute approximate surface area is 133 Å². The summed E-state index contributed by atoms with van der Waals surface area (Å²) in [5, 5.41) is 17.7. The molecule has 9 nitrogen and oxygen atoms in total. The van der Waals surface area contributed by atoms with E-state index in [2.05, 4.69) is 25.9 Å². The van der Waals surface area contributed by atoms with Gasteiger partial charge < -0.3 is 25.8 Å². The molecule has 1 aliphatic rings. The standard InChI is InChI=1S/C14H19N5O4/c1-2-23-12(21)8-16-13(22)9-3-10(5-15-4-9)19-14-17-6-11(20)7-18-14/h3-5,11,20H,2,6-8H2,1H3,(H,16,22)(H2,17,18,19).